The van der Waals surface area contributed by atoms with Gasteiger partial charge in [0.05, 0.1) is 12.8 Å². The summed E-state index contributed by atoms with van der Waals surface area (Å²) in [6.45, 7) is 1.92. The zero-order valence-corrected chi connectivity index (χ0v) is 11.7. The van der Waals surface area contributed by atoms with Gasteiger partial charge in [0.15, 0.2) is 17.4 Å². The Morgan fingerprint density at radius 1 is 1.19 bits per heavy atom. The molecule has 0 saturated heterocycles. The normalized spacial score (nSPS) is 10.6. The average molecular weight is 283 g/mol. The number of benzene rings is 1. The van der Waals surface area contributed by atoms with Gasteiger partial charge in [0, 0.05) is 24.2 Å². The monoisotopic (exact) mass is 283 g/mol. The number of imidazole rings is 1. The summed E-state index contributed by atoms with van der Waals surface area (Å²) in [5, 5.41) is 0. The molecule has 4 nitrogen and oxygen atoms in total. The summed E-state index contributed by atoms with van der Waals surface area (Å²) in [6.07, 6.45) is 3.45. The SMILES string of the molecule is COc1ccc(-n2ccnc2-c2cccc(C)n2)cc1F. The molecule has 5 heteroatoms. The van der Waals surface area contributed by atoms with Crippen LogP contribution in [0.4, 0.5) is 4.39 Å². The Kier molecular flexibility index (Phi) is 3.39. The molecule has 0 aliphatic rings. The van der Waals surface area contributed by atoms with Crippen molar-refractivity contribution in [1.82, 2.24) is 14.5 Å². The first kappa shape index (κ1) is 13.3. The van der Waals surface area contributed by atoms with E-state index in [9.17, 15) is 4.39 Å². The van der Waals surface area contributed by atoms with Gasteiger partial charge in [0.2, 0.25) is 0 Å². The molecule has 1 aromatic carbocycles. The van der Waals surface area contributed by atoms with E-state index >= 15 is 0 Å². The molecule has 0 aliphatic heterocycles. The van der Waals surface area contributed by atoms with Gasteiger partial charge in [0.25, 0.3) is 0 Å². The van der Waals surface area contributed by atoms with Crippen LogP contribution in [0.15, 0.2) is 48.8 Å². The van der Waals surface area contributed by atoms with E-state index in [1.54, 1.807) is 29.1 Å². The van der Waals surface area contributed by atoms with Crippen LogP contribution in [0.25, 0.3) is 17.2 Å². The lowest BCUT2D eigenvalue weighted by Crippen LogP contribution is -1.99. The summed E-state index contributed by atoms with van der Waals surface area (Å²) >= 11 is 0. The van der Waals surface area contributed by atoms with Crippen molar-refractivity contribution < 1.29 is 9.13 Å². The Morgan fingerprint density at radius 2 is 2.05 bits per heavy atom. The number of rotatable bonds is 3. The molecule has 0 radical (unpaired) electrons. The number of methoxy groups -OCH3 is 1. The first-order chi connectivity index (χ1) is 10.2. The van der Waals surface area contributed by atoms with Crippen molar-refractivity contribution in [3.05, 3.63) is 60.3 Å². The fourth-order valence-electron chi connectivity index (χ4n) is 2.17. The minimum atomic E-state index is -0.410. The van der Waals surface area contributed by atoms with Gasteiger partial charge in [-0.1, -0.05) is 6.07 Å². The second-order valence-corrected chi connectivity index (χ2v) is 4.60. The number of hydrogen-bond donors (Lipinski definition) is 0. The third-order valence-electron chi connectivity index (χ3n) is 3.17. The highest BCUT2D eigenvalue weighted by Gasteiger charge is 2.11. The van der Waals surface area contributed by atoms with E-state index in [4.69, 9.17) is 4.74 Å². The topological polar surface area (TPSA) is 39.9 Å². The summed E-state index contributed by atoms with van der Waals surface area (Å²) in [7, 11) is 1.44. The predicted molar refractivity (Wildman–Crippen MR) is 78.0 cm³/mol. The van der Waals surface area contributed by atoms with Gasteiger partial charge < -0.3 is 4.74 Å². The van der Waals surface area contributed by atoms with Crippen molar-refractivity contribution in [3.63, 3.8) is 0 Å². The number of pyridine rings is 1. The minimum Gasteiger partial charge on any atom is -0.494 e. The Morgan fingerprint density at radius 3 is 2.76 bits per heavy atom. The lowest BCUT2D eigenvalue weighted by atomic mass is 10.2. The van der Waals surface area contributed by atoms with Crippen LogP contribution in [0, 0.1) is 12.7 Å². The molecule has 0 unspecified atom stereocenters. The highest BCUT2D eigenvalue weighted by molar-refractivity contribution is 5.55. The van der Waals surface area contributed by atoms with Crippen molar-refractivity contribution in [2.45, 2.75) is 6.92 Å². The van der Waals surface area contributed by atoms with Crippen LogP contribution >= 0.6 is 0 Å². The Hall–Kier alpha value is -2.69. The molecule has 0 bridgehead atoms. The standard InChI is InChI=1S/C16H14FN3O/c1-11-4-3-5-14(19-11)16-18-8-9-20(16)12-6-7-15(21-2)13(17)10-12/h3-10H,1-2H3. The Balaban J connectivity index is 2.09. The largest absolute Gasteiger partial charge is 0.494 e. The third kappa shape index (κ3) is 2.50. The summed E-state index contributed by atoms with van der Waals surface area (Å²) < 4.78 is 20.6. The van der Waals surface area contributed by atoms with E-state index in [2.05, 4.69) is 9.97 Å². The molecule has 0 N–H and O–H groups in total. The second-order valence-electron chi connectivity index (χ2n) is 4.60. The summed E-state index contributed by atoms with van der Waals surface area (Å²) in [5.74, 6) is 0.476. The first-order valence-corrected chi connectivity index (χ1v) is 6.50. The van der Waals surface area contributed by atoms with Gasteiger partial charge in [-0.05, 0) is 31.2 Å². The maximum absolute atomic E-state index is 13.9. The average Bonchev–Trinajstić information content (AvgIpc) is 2.96. The molecular weight excluding hydrogens is 269 g/mol. The molecule has 3 rings (SSSR count). The van der Waals surface area contributed by atoms with E-state index in [-0.39, 0.29) is 5.75 Å². The maximum atomic E-state index is 13.9. The van der Waals surface area contributed by atoms with Crippen LogP contribution in [-0.4, -0.2) is 21.6 Å². The van der Waals surface area contributed by atoms with Crippen LogP contribution in [0.3, 0.4) is 0 Å². The van der Waals surface area contributed by atoms with Gasteiger partial charge in [-0.25, -0.2) is 14.4 Å². The van der Waals surface area contributed by atoms with E-state index in [1.807, 2.05) is 25.1 Å². The lowest BCUT2D eigenvalue weighted by molar-refractivity contribution is 0.386. The van der Waals surface area contributed by atoms with Crippen molar-refractivity contribution in [3.8, 4) is 23.0 Å². The molecule has 3 aromatic rings. The molecule has 0 atom stereocenters. The Labute approximate surface area is 121 Å². The molecule has 0 spiro atoms. The van der Waals surface area contributed by atoms with E-state index in [1.165, 1.54) is 13.2 Å². The quantitative estimate of drug-likeness (QED) is 0.739. The third-order valence-corrected chi connectivity index (χ3v) is 3.17. The summed E-state index contributed by atoms with van der Waals surface area (Å²) in [6, 6.07) is 10.5. The Bertz CT molecular complexity index is 783. The number of aryl methyl sites for hydroxylation is 1. The highest BCUT2D eigenvalue weighted by Crippen LogP contribution is 2.24. The van der Waals surface area contributed by atoms with Crippen molar-refractivity contribution >= 4 is 0 Å². The number of nitrogens with zero attached hydrogens (tertiary/aromatic N) is 3. The molecule has 0 aliphatic carbocycles. The fourth-order valence-corrected chi connectivity index (χ4v) is 2.17. The van der Waals surface area contributed by atoms with E-state index in [0.717, 1.165) is 11.4 Å². The summed E-state index contributed by atoms with van der Waals surface area (Å²) in [5.41, 5.74) is 2.32. The van der Waals surface area contributed by atoms with Crippen molar-refractivity contribution in [1.29, 1.82) is 0 Å². The van der Waals surface area contributed by atoms with E-state index in [0.29, 0.717) is 11.5 Å². The smallest absolute Gasteiger partial charge is 0.167 e. The molecular formula is C16H14FN3O. The number of hydrogen-bond acceptors (Lipinski definition) is 3. The first-order valence-electron chi connectivity index (χ1n) is 6.50. The number of ether oxygens (including phenoxy) is 1. The van der Waals surface area contributed by atoms with E-state index < -0.39 is 5.82 Å². The summed E-state index contributed by atoms with van der Waals surface area (Å²) in [4.78, 5) is 8.78. The molecule has 0 fully saturated rings. The zero-order valence-electron chi connectivity index (χ0n) is 11.7. The van der Waals surface area contributed by atoms with Crippen molar-refractivity contribution in [2.75, 3.05) is 7.11 Å². The van der Waals surface area contributed by atoms with Crippen LogP contribution in [0.5, 0.6) is 5.75 Å². The molecule has 2 aromatic heterocycles. The van der Waals surface area contributed by atoms with Gasteiger partial charge in [-0.2, -0.15) is 0 Å². The maximum Gasteiger partial charge on any atom is 0.167 e. The molecule has 21 heavy (non-hydrogen) atoms. The number of halogens is 1. The van der Waals surface area contributed by atoms with Crippen LogP contribution < -0.4 is 4.74 Å². The molecule has 106 valence electrons. The minimum absolute atomic E-state index is 0.217. The van der Waals surface area contributed by atoms with Crippen LogP contribution in [-0.2, 0) is 0 Å². The van der Waals surface area contributed by atoms with Crippen LogP contribution in [0.2, 0.25) is 0 Å². The van der Waals surface area contributed by atoms with Gasteiger partial charge >= 0.3 is 0 Å². The number of aromatic nitrogens is 3. The molecule has 0 saturated carbocycles. The van der Waals surface area contributed by atoms with Gasteiger partial charge in [-0.3, -0.25) is 4.57 Å². The highest BCUT2D eigenvalue weighted by atomic mass is 19.1. The van der Waals surface area contributed by atoms with Crippen molar-refractivity contribution in [2.24, 2.45) is 0 Å². The molecule has 2 heterocycles. The van der Waals surface area contributed by atoms with Gasteiger partial charge in [-0.15, -0.1) is 0 Å². The van der Waals surface area contributed by atoms with Gasteiger partial charge in [0.1, 0.15) is 5.69 Å². The second kappa shape index (κ2) is 5.36. The zero-order chi connectivity index (χ0) is 14.8. The fraction of sp³-hybridized carbons (Fsp3) is 0.125. The lowest BCUT2D eigenvalue weighted by Gasteiger charge is -2.09. The predicted octanol–water partition coefficient (Wildman–Crippen LogP) is 3.39. The molecule has 0 amide bonds. The van der Waals surface area contributed by atoms with Crippen LogP contribution in [0.1, 0.15) is 5.69 Å².